The number of fused-ring (bicyclic) bond motifs is 1. The van der Waals surface area contributed by atoms with Crippen LogP contribution in [0.2, 0.25) is 0 Å². The molecule has 0 bridgehead atoms. The van der Waals surface area contributed by atoms with E-state index in [4.69, 9.17) is 9.47 Å². The van der Waals surface area contributed by atoms with Gasteiger partial charge >= 0.3 is 12.2 Å². The number of methoxy groups -OCH3 is 1. The van der Waals surface area contributed by atoms with Crippen molar-refractivity contribution in [3.63, 3.8) is 0 Å². The highest BCUT2D eigenvalue weighted by Gasteiger charge is 2.38. The van der Waals surface area contributed by atoms with E-state index >= 15 is 0 Å². The molecule has 10 nitrogen and oxygen atoms in total. The Kier molecular flexibility index (Phi) is 7.57. The number of hydrogen-bond acceptors (Lipinski definition) is 8. The predicted octanol–water partition coefficient (Wildman–Crippen LogP) is 3.23. The summed E-state index contributed by atoms with van der Waals surface area (Å²) in [7, 11) is 1.50. The van der Waals surface area contributed by atoms with E-state index in [0.717, 1.165) is 30.8 Å². The Bertz CT molecular complexity index is 1200. The summed E-state index contributed by atoms with van der Waals surface area (Å²) in [5.74, 6) is -1.04. The van der Waals surface area contributed by atoms with Crippen LogP contribution in [0.25, 0.3) is 11.0 Å². The second-order valence-electron chi connectivity index (χ2n) is 8.77. The molecule has 194 valence electrons. The number of carbonyl (C=O) groups is 1. The van der Waals surface area contributed by atoms with Crippen LogP contribution in [0.5, 0.6) is 6.01 Å². The van der Waals surface area contributed by atoms with Gasteiger partial charge < -0.3 is 24.7 Å². The Morgan fingerprint density at radius 2 is 2.00 bits per heavy atom. The van der Waals surface area contributed by atoms with Gasteiger partial charge in [-0.1, -0.05) is 0 Å². The summed E-state index contributed by atoms with van der Waals surface area (Å²) in [5.41, 5.74) is 2.02. The molecule has 3 aromatic rings. The molecule has 0 radical (unpaired) electrons. The van der Waals surface area contributed by atoms with Gasteiger partial charge in [0.25, 0.3) is 5.91 Å². The van der Waals surface area contributed by atoms with Crippen molar-refractivity contribution in [2.75, 3.05) is 31.7 Å². The van der Waals surface area contributed by atoms with E-state index in [9.17, 15) is 18.0 Å². The van der Waals surface area contributed by atoms with E-state index in [1.165, 1.54) is 12.7 Å². The van der Waals surface area contributed by atoms with E-state index in [0.29, 0.717) is 13.1 Å². The minimum atomic E-state index is -4.60. The van der Waals surface area contributed by atoms with Crippen LogP contribution >= 0.6 is 0 Å². The van der Waals surface area contributed by atoms with Crippen LogP contribution in [0.3, 0.4) is 0 Å². The van der Waals surface area contributed by atoms with Crippen LogP contribution in [-0.2, 0) is 4.74 Å². The van der Waals surface area contributed by atoms with Gasteiger partial charge in [-0.2, -0.15) is 28.1 Å². The second-order valence-corrected chi connectivity index (χ2v) is 8.77. The third kappa shape index (κ3) is 5.83. The third-order valence-electron chi connectivity index (χ3n) is 6.05. The van der Waals surface area contributed by atoms with E-state index in [2.05, 4.69) is 24.9 Å². The highest BCUT2D eigenvalue weighted by atomic mass is 19.4. The van der Waals surface area contributed by atoms with Crippen molar-refractivity contribution in [1.29, 1.82) is 0 Å². The lowest BCUT2D eigenvalue weighted by atomic mass is 9.89. The molecule has 0 unspecified atom stereocenters. The molecule has 36 heavy (non-hydrogen) atoms. The largest absolute Gasteiger partial charge is 0.458 e. The summed E-state index contributed by atoms with van der Waals surface area (Å²) >= 11 is 0. The second kappa shape index (κ2) is 10.6. The lowest BCUT2D eigenvalue weighted by Crippen LogP contribution is -2.44. The number of aromatic nitrogens is 5. The number of carbonyl (C=O) groups excluding carboxylic acids is 1. The minimum absolute atomic E-state index is 0.154. The molecule has 1 aliphatic heterocycles. The topological polar surface area (TPSA) is 118 Å². The maximum absolute atomic E-state index is 13.0. The lowest BCUT2D eigenvalue weighted by Gasteiger charge is -2.32. The first-order valence-corrected chi connectivity index (χ1v) is 11.6. The molecular weight excluding hydrogens is 479 g/mol. The number of halogens is 3. The number of nitrogens with zero attached hydrogens (tertiary/aromatic N) is 5. The molecule has 3 aromatic heterocycles. The van der Waals surface area contributed by atoms with Crippen molar-refractivity contribution >= 4 is 22.9 Å². The number of rotatable bonds is 8. The number of amides is 1. The van der Waals surface area contributed by atoms with Crippen molar-refractivity contribution in [2.45, 2.75) is 50.9 Å². The van der Waals surface area contributed by atoms with Crippen LogP contribution in [0.4, 0.5) is 19.1 Å². The van der Waals surface area contributed by atoms with Gasteiger partial charge in [0.1, 0.15) is 17.8 Å². The number of H-pyrrole nitrogens is 1. The molecule has 0 saturated carbocycles. The Balaban J connectivity index is 1.53. The first-order chi connectivity index (χ1) is 17.2. The quantitative estimate of drug-likeness (QED) is 0.477. The maximum Gasteiger partial charge on any atom is 0.408 e. The summed E-state index contributed by atoms with van der Waals surface area (Å²) in [6.45, 7) is 3.96. The van der Waals surface area contributed by atoms with Crippen LogP contribution in [0.1, 0.15) is 48.8 Å². The fourth-order valence-electron chi connectivity index (χ4n) is 4.14. The van der Waals surface area contributed by atoms with Gasteiger partial charge in [0.2, 0.25) is 11.8 Å². The zero-order valence-electron chi connectivity index (χ0n) is 20.2. The SMILES string of the molecule is COC[C@@H](C)Oc1nc(C(=O)N[C@@H](C)C(F)(F)F)nc(N2CCC(c3c[nH]c4ncccc34)CC2)n1. The predicted molar refractivity (Wildman–Crippen MR) is 125 cm³/mol. The molecule has 1 saturated heterocycles. The fraction of sp³-hybridized carbons (Fsp3) is 0.522. The summed E-state index contributed by atoms with van der Waals surface area (Å²) in [4.78, 5) is 34.5. The highest BCUT2D eigenvalue weighted by molar-refractivity contribution is 5.91. The van der Waals surface area contributed by atoms with Crippen LogP contribution in [-0.4, -0.2) is 76.0 Å². The van der Waals surface area contributed by atoms with Crippen molar-refractivity contribution < 1.29 is 27.4 Å². The van der Waals surface area contributed by atoms with Gasteiger partial charge in [0, 0.05) is 38.0 Å². The van der Waals surface area contributed by atoms with Crippen molar-refractivity contribution in [3.8, 4) is 6.01 Å². The average Bonchev–Trinajstić information content (AvgIpc) is 3.27. The maximum atomic E-state index is 13.0. The number of aromatic amines is 1. The minimum Gasteiger partial charge on any atom is -0.458 e. The smallest absolute Gasteiger partial charge is 0.408 e. The number of piperidine rings is 1. The van der Waals surface area contributed by atoms with Crippen LogP contribution in [0.15, 0.2) is 24.5 Å². The number of ether oxygens (including phenoxy) is 2. The molecule has 0 spiro atoms. The molecule has 0 aliphatic carbocycles. The Morgan fingerprint density at radius 1 is 1.25 bits per heavy atom. The first kappa shape index (κ1) is 25.6. The van der Waals surface area contributed by atoms with Gasteiger partial charge in [0.05, 0.1) is 6.61 Å². The molecule has 2 N–H and O–H groups in total. The number of anilines is 1. The monoisotopic (exact) mass is 507 g/mol. The zero-order valence-corrected chi connectivity index (χ0v) is 20.2. The summed E-state index contributed by atoms with van der Waals surface area (Å²) in [6, 6.07) is 1.71. The molecule has 2 atom stereocenters. The molecule has 4 rings (SSSR count). The normalized spacial score (nSPS) is 16.7. The van der Waals surface area contributed by atoms with Crippen molar-refractivity contribution in [1.82, 2.24) is 30.2 Å². The fourth-order valence-corrected chi connectivity index (χ4v) is 4.14. The lowest BCUT2D eigenvalue weighted by molar-refractivity contribution is -0.149. The van der Waals surface area contributed by atoms with Gasteiger partial charge in [0.15, 0.2) is 0 Å². The van der Waals surface area contributed by atoms with Gasteiger partial charge in [-0.15, -0.1) is 0 Å². The van der Waals surface area contributed by atoms with E-state index in [1.54, 1.807) is 13.1 Å². The average molecular weight is 508 g/mol. The number of hydrogen-bond donors (Lipinski definition) is 2. The van der Waals surface area contributed by atoms with E-state index in [1.807, 2.05) is 28.5 Å². The third-order valence-corrected chi connectivity index (χ3v) is 6.05. The van der Waals surface area contributed by atoms with Crippen LogP contribution < -0.4 is 15.0 Å². The summed E-state index contributed by atoms with van der Waals surface area (Å²) in [6.07, 6.45) is 0.248. The highest BCUT2D eigenvalue weighted by Crippen LogP contribution is 2.33. The van der Waals surface area contributed by atoms with Crippen molar-refractivity contribution in [2.24, 2.45) is 0 Å². The summed E-state index contributed by atoms with van der Waals surface area (Å²) < 4.78 is 49.6. The van der Waals surface area contributed by atoms with E-state index in [-0.39, 0.29) is 24.5 Å². The van der Waals surface area contributed by atoms with E-state index < -0.39 is 30.1 Å². The molecule has 13 heteroatoms. The molecule has 1 amide bonds. The Hall–Kier alpha value is -3.48. The molecule has 4 heterocycles. The van der Waals surface area contributed by atoms with Gasteiger partial charge in [-0.25, -0.2) is 4.98 Å². The van der Waals surface area contributed by atoms with Gasteiger partial charge in [-0.05, 0) is 50.3 Å². The van der Waals surface area contributed by atoms with Crippen molar-refractivity contribution in [3.05, 3.63) is 35.9 Å². The number of alkyl halides is 3. The zero-order chi connectivity index (χ0) is 25.9. The Labute approximate surface area is 205 Å². The number of nitrogens with one attached hydrogen (secondary N) is 2. The summed E-state index contributed by atoms with van der Waals surface area (Å²) in [5, 5.41) is 2.97. The van der Waals surface area contributed by atoms with Crippen LogP contribution in [0, 0.1) is 0 Å². The molecule has 0 aromatic carbocycles. The molecule has 1 fully saturated rings. The van der Waals surface area contributed by atoms with Gasteiger partial charge in [-0.3, -0.25) is 4.79 Å². The number of pyridine rings is 1. The molecular formula is C23H28F3N7O3. The Morgan fingerprint density at radius 3 is 2.69 bits per heavy atom. The molecule has 1 aliphatic rings. The first-order valence-electron chi connectivity index (χ1n) is 11.6. The standard InChI is InChI=1S/C23H28F3N7O3/c1-13(12-35-3)36-22-31-19(20(34)29-14(2)23(24,25)26)30-21(32-22)33-9-6-15(7-10-33)17-11-28-18-16(17)5-4-8-27-18/h4-5,8,11,13-15H,6-7,9-10,12H2,1-3H3,(H,27,28)(H,29,34)/t13-,14+/m1/s1.